The van der Waals surface area contributed by atoms with Crippen LogP contribution in [0.4, 0.5) is 0 Å². The van der Waals surface area contributed by atoms with Gasteiger partial charge in [-0.3, -0.25) is 9.59 Å². The SMILES string of the molecule is CC(C)(C)C(=O)[C@H](CCCCN)CC(=O)[C@@H](N)Cc1ccccc1. The van der Waals surface area contributed by atoms with Crippen molar-refractivity contribution >= 4 is 11.6 Å². The van der Waals surface area contributed by atoms with Gasteiger partial charge in [-0.25, -0.2) is 0 Å². The standard InChI is InChI=1S/C20H32N2O2/c1-20(2,3)19(24)16(11-7-8-12-21)14-18(23)17(22)13-15-9-5-4-6-10-15/h4-6,9-10,16-17H,7-8,11-14,21-22H2,1-3H3/t16-,17+/m1/s1. The Morgan fingerprint density at radius 3 is 2.25 bits per heavy atom. The summed E-state index contributed by atoms with van der Waals surface area (Å²) in [4.78, 5) is 25.2. The van der Waals surface area contributed by atoms with Gasteiger partial charge in [-0.1, -0.05) is 57.5 Å². The van der Waals surface area contributed by atoms with Gasteiger partial charge in [-0.05, 0) is 31.4 Å². The van der Waals surface area contributed by atoms with Crippen LogP contribution in [0.5, 0.6) is 0 Å². The maximum atomic E-state index is 12.7. The van der Waals surface area contributed by atoms with Gasteiger partial charge in [0.2, 0.25) is 0 Å². The largest absolute Gasteiger partial charge is 0.330 e. The van der Waals surface area contributed by atoms with Gasteiger partial charge in [-0.2, -0.15) is 0 Å². The van der Waals surface area contributed by atoms with E-state index < -0.39 is 11.5 Å². The molecule has 0 spiro atoms. The molecule has 0 aromatic heterocycles. The molecule has 0 saturated carbocycles. The van der Waals surface area contributed by atoms with Crippen molar-refractivity contribution in [1.29, 1.82) is 0 Å². The molecule has 0 saturated heterocycles. The Kier molecular flexibility index (Phi) is 8.29. The second-order valence-corrected chi connectivity index (χ2v) is 7.56. The molecule has 4 heteroatoms. The zero-order chi connectivity index (χ0) is 18.2. The number of unbranched alkanes of at least 4 members (excludes halogenated alkanes) is 1. The van der Waals surface area contributed by atoms with Gasteiger partial charge in [0, 0.05) is 17.8 Å². The lowest BCUT2D eigenvalue weighted by Crippen LogP contribution is -2.37. The van der Waals surface area contributed by atoms with E-state index in [9.17, 15) is 9.59 Å². The first kappa shape index (κ1) is 20.5. The lowest BCUT2D eigenvalue weighted by atomic mass is 9.78. The van der Waals surface area contributed by atoms with Gasteiger partial charge in [0.15, 0.2) is 5.78 Å². The smallest absolute Gasteiger partial charge is 0.150 e. The number of hydrogen-bond acceptors (Lipinski definition) is 4. The van der Waals surface area contributed by atoms with Crippen molar-refractivity contribution in [3.8, 4) is 0 Å². The Balaban J connectivity index is 2.69. The summed E-state index contributed by atoms with van der Waals surface area (Å²) in [5.41, 5.74) is 12.2. The zero-order valence-corrected chi connectivity index (χ0v) is 15.3. The molecule has 0 aliphatic heterocycles. The number of benzene rings is 1. The summed E-state index contributed by atoms with van der Waals surface area (Å²) in [6.07, 6.45) is 3.19. The highest BCUT2D eigenvalue weighted by Crippen LogP contribution is 2.26. The molecule has 0 aliphatic carbocycles. The van der Waals surface area contributed by atoms with E-state index >= 15 is 0 Å². The first-order valence-corrected chi connectivity index (χ1v) is 8.82. The van der Waals surface area contributed by atoms with E-state index in [0.29, 0.717) is 19.4 Å². The fourth-order valence-electron chi connectivity index (χ4n) is 2.85. The summed E-state index contributed by atoms with van der Waals surface area (Å²) >= 11 is 0. The molecule has 0 amide bonds. The van der Waals surface area contributed by atoms with Gasteiger partial charge in [0.05, 0.1) is 6.04 Å². The topological polar surface area (TPSA) is 86.2 Å². The molecule has 0 aliphatic rings. The van der Waals surface area contributed by atoms with E-state index in [2.05, 4.69) is 0 Å². The van der Waals surface area contributed by atoms with Crippen LogP contribution >= 0.6 is 0 Å². The fourth-order valence-corrected chi connectivity index (χ4v) is 2.85. The second-order valence-electron chi connectivity index (χ2n) is 7.56. The Morgan fingerprint density at radius 1 is 1.08 bits per heavy atom. The molecule has 1 aromatic rings. The van der Waals surface area contributed by atoms with Crippen molar-refractivity contribution in [2.75, 3.05) is 6.54 Å². The van der Waals surface area contributed by atoms with E-state index in [4.69, 9.17) is 11.5 Å². The van der Waals surface area contributed by atoms with Crippen molar-refractivity contribution in [3.63, 3.8) is 0 Å². The molecular weight excluding hydrogens is 300 g/mol. The molecule has 0 unspecified atom stereocenters. The predicted molar refractivity (Wildman–Crippen MR) is 98.6 cm³/mol. The number of ketones is 2. The van der Waals surface area contributed by atoms with E-state index in [1.165, 1.54) is 0 Å². The van der Waals surface area contributed by atoms with Crippen LogP contribution in [0.25, 0.3) is 0 Å². The van der Waals surface area contributed by atoms with Gasteiger partial charge in [-0.15, -0.1) is 0 Å². The quantitative estimate of drug-likeness (QED) is 0.645. The molecule has 1 rings (SSSR count). The maximum absolute atomic E-state index is 12.7. The minimum atomic E-state index is -0.558. The summed E-state index contributed by atoms with van der Waals surface area (Å²) in [7, 11) is 0. The summed E-state index contributed by atoms with van der Waals surface area (Å²) < 4.78 is 0. The molecule has 24 heavy (non-hydrogen) atoms. The molecule has 4 N–H and O–H groups in total. The van der Waals surface area contributed by atoms with Crippen LogP contribution in [0.1, 0.15) is 52.0 Å². The monoisotopic (exact) mass is 332 g/mol. The van der Waals surface area contributed by atoms with Gasteiger partial charge < -0.3 is 11.5 Å². The lowest BCUT2D eigenvalue weighted by Gasteiger charge is -2.25. The number of carbonyl (C=O) groups is 2. The molecule has 4 nitrogen and oxygen atoms in total. The third kappa shape index (κ3) is 6.93. The van der Waals surface area contributed by atoms with Crippen molar-refractivity contribution in [1.82, 2.24) is 0 Å². The number of carbonyl (C=O) groups excluding carboxylic acids is 2. The van der Waals surface area contributed by atoms with Crippen LogP contribution in [0.3, 0.4) is 0 Å². The molecule has 0 heterocycles. The second kappa shape index (κ2) is 9.70. The van der Waals surface area contributed by atoms with E-state index in [1.54, 1.807) is 0 Å². The van der Waals surface area contributed by atoms with Gasteiger partial charge >= 0.3 is 0 Å². The Bertz CT molecular complexity index is 520. The van der Waals surface area contributed by atoms with Gasteiger partial charge in [0.25, 0.3) is 0 Å². The zero-order valence-electron chi connectivity index (χ0n) is 15.3. The average molecular weight is 332 g/mol. The normalized spacial score (nSPS) is 14.2. The number of nitrogens with two attached hydrogens (primary N) is 2. The summed E-state index contributed by atoms with van der Waals surface area (Å²) in [5, 5.41) is 0. The Morgan fingerprint density at radius 2 is 1.71 bits per heavy atom. The summed E-state index contributed by atoms with van der Waals surface area (Å²) in [5.74, 6) is -0.153. The third-order valence-electron chi connectivity index (χ3n) is 4.28. The molecule has 0 radical (unpaired) electrons. The Hall–Kier alpha value is -1.52. The number of Topliss-reactive ketones (excluding diaryl/α,β-unsaturated/α-hetero) is 2. The van der Waals surface area contributed by atoms with Crippen molar-refractivity contribution in [2.24, 2.45) is 22.8 Å². The van der Waals surface area contributed by atoms with Crippen LogP contribution < -0.4 is 11.5 Å². The highest BCUT2D eigenvalue weighted by Gasteiger charge is 2.31. The molecule has 1 aromatic carbocycles. The van der Waals surface area contributed by atoms with Crippen LogP contribution in [0.15, 0.2) is 30.3 Å². The van der Waals surface area contributed by atoms with Crippen LogP contribution in [0.2, 0.25) is 0 Å². The van der Waals surface area contributed by atoms with Crippen LogP contribution in [0, 0.1) is 11.3 Å². The first-order chi connectivity index (χ1) is 11.3. The summed E-state index contributed by atoms with van der Waals surface area (Å²) in [6.45, 7) is 6.32. The minimum absolute atomic E-state index is 0.0331. The predicted octanol–water partition coefficient (Wildman–Crippen LogP) is 2.88. The van der Waals surface area contributed by atoms with E-state index in [-0.39, 0.29) is 23.9 Å². The lowest BCUT2D eigenvalue weighted by molar-refractivity contribution is -0.134. The molecule has 0 fully saturated rings. The average Bonchev–Trinajstić information content (AvgIpc) is 2.53. The van der Waals surface area contributed by atoms with Crippen LogP contribution in [-0.2, 0) is 16.0 Å². The van der Waals surface area contributed by atoms with Crippen molar-refractivity contribution < 1.29 is 9.59 Å². The first-order valence-electron chi connectivity index (χ1n) is 8.82. The highest BCUT2D eigenvalue weighted by atomic mass is 16.1. The fraction of sp³-hybridized carbons (Fsp3) is 0.600. The van der Waals surface area contributed by atoms with Gasteiger partial charge in [0.1, 0.15) is 5.78 Å². The van der Waals surface area contributed by atoms with Crippen molar-refractivity contribution in [2.45, 2.75) is 58.9 Å². The Labute approximate surface area is 146 Å². The molecule has 0 bridgehead atoms. The molecule has 2 atom stereocenters. The maximum Gasteiger partial charge on any atom is 0.150 e. The van der Waals surface area contributed by atoms with E-state index in [1.807, 2.05) is 51.1 Å². The highest BCUT2D eigenvalue weighted by molar-refractivity contribution is 5.92. The van der Waals surface area contributed by atoms with Crippen molar-refractivity contribution in [3.05, 3.63) is 35.9 Å². The van der Waals surface area contributed by atoms with E-state index in [0.717, 1.165) is 18.4 Å². The number of rotatable bonds is 10. The summed E-state index contributed by atoms with van der Waals surface area (Å²) in [6, 6.07) is 9.18. The molecular formula is C20H32N2O2. The molecule has 134 valence electrons. The number of hydrogen-bond donors (Lipinski definition) is 2. The third-order valence-corrected chi connectivity index (χ3v) is 4.28. The van der Waals surface area contributed by atoms with Crippen LogP contribution in [-0.4, -0.2) is 24.2 Å². The minimum Gasteiger partial charge on any atom is -0.330 e.